The molecule has 7 nitrogen and oxygen atoms in total. The first-order valence-corrected chi connectivity index (χ1v) is 4.87. The Labute approximate surface area is 103 Å². The summed E-state index contributed by atoms with van der Waals surface area (Å²) in [6.07, 6.45) is -0.711. The first-order chi connectivity index (χ1) is 8.38. The average molecular weight is 255 g/mol. The fourth-order valence-electron chi connectivity index (χ4n) is 0.898. The van der Waals surface area contributed by atoms with Crippen molar-refractivity contribution in [3.63, 3.8) is 0 Å². The highest BCUT2D eigenvalue weighted by Crippen LogP contribution is 2.03. The third-order valence-electron chi connectivity index (χ3n) is 1.67. The van der Waals surface area contributed by atoms with Crippen molar-refractivity contribution in [3.8, 4) is 0 Å². The lowest BCUT2D eigenvalue weighted by atomic mass is 10.1. The third-order valence-corrected chi connectivity index (χ3v) is 1.67. The highest BCUT2D eigenvalue weighted by molar-refractivity contribution is 5.91. The van der Waals surface area contributed by atoms with Crippen LogP contribution in [0, 0.1) is 0 Å². The van der Waals surface area contributed by atoms with Gasteiger partial charge >= 0.3 is 18.0 Å². The van der Waals surface area contributed by atoms with Gasteiger partial charge in [-0.25, -0.2) is 14.4 Å². The molecule has 1 aromatic carbocycles. The number of aromatic carboxylic acids is 2. The fourth-order valence-corrected chi connectivity index (χ4v) is 0.898. The number of carboxylic acids is 2. The van der Waals surface area contributed by atoms with E-state index >= 15 is 0 Å². The Kier molecular flexibility index (Phi) is 6.57. The van der Waals surface area contributed by atoms with Crippen molar-refractivity contribution < 1.29 is 29.3 Å². The molecule has 1 rings (SSSR count). The van der Waals surface area contributed by atoms with Crippen molar-refractivity contribution in [2.45, 2.75) is 6.92 Å². The van der Waals surface area contributed by atoms with Gasteiger partial charge in [-0.05, 0) is 31.2 Å². The summed E-state index contributed by atoms with van der Waals surface area (Å²) in [5.74, 6) is -2.13. The highest BCUT2D eigenvalue weighted by Gasteiger charge is 2.04. The molecule has 0 saturated carbocycles. The Morgan fingerprint density at radius 3 is 1.50 bits per heavy atom. The Balaban J connectivity index is 0.000000411. The van der Waals surface area contributed by atoms with Crippen LogP contribution in [0.15, 0.2) is 24.3 Å². The van der Waals surface area contributed by atoms with Crippen molar-refractivity contribution >= 4 is 18.0 Å². The quantitative estimate of drug-likeness (QED) is 0.744. The molecule has 0 aromatic heterocycles. The van der Waals surface area contributed by atoms with E-state index in [4.69, 9.17) is 10.2 Å². The molecule has 0 unspecified atom stereocenters. The molecule has 7 heteroatoms. The van der Waals surface area contributed by atoms with Crippen molar-refractivity contribution in [2.75, 3.05) is 6.61 Å². The fraction of sp³-hybridized carbons (Fsp3) is 0.182. The van der Waals surface area contributed by atoms with E-state index in [0.717, 1.165) is 0 Å². The molecule has 4 N–H and O–H groups in total. The molecule has 1 aromatic rings. The number of hydrogen-bond acceptors (Lipinski definition) is 4. The van der Waals surface area contributed by atoms with E-state index in [0.29, 0.717) is 6.61 Å². The van der Waals surface area contributed by atoms with E-state index in [1.165, 1.54) is 24.3 Å². The van der Waals surface area contributed by atoms with Gasteiger partial charge in [0.1, 0.15) is 0 Å². The molecular formula is C11H13NO6. The number of nitrogens with two attached hydrogens (primary N) is 1. The molecule has 0 aliphatic rings. The zero-order valence-corrected chi connectivity index (χ0v) is 9.62. The number of carbonyl (C=O) groups is 3. The van der Waals surface area contributed by atoms with Crippen LogP contribution < -0.4 is 5.73 Å². The molecule has 0 heterocycles. The number of hydrogen-bond donors (Lipinski definition) is 3. The summed E-state index contributed by atoms with van der Waals surface area (Å²) >= 11 is 0. The number of benzene rings is 1. The Hall–Kier alpha value is -2.57. The second kappa shape index (κ2) is 7.66. The summed E-state index contributed by atoms with van der Waals surface area (Å²) in [6, 6.07) is 5.02. The van der Waals surface area contributed by atoms with Gasteiger partial charge in [-0.1, -0.05) is 0 Å². The summed E-state index contributed by atoms with van der Waals surface area (Å²) in [6.45, 7) is 2.06. The average Bonchev–Trinajstić information content (AvgIpc) is 2.29. The van der Waals surface area contributed by atoms with Gasteiger partial charge in [0.25, 0.3) is 0 Å². The number of carbonyl (C=O) groups excluding carboxylic acids is 1. The molecule has 18 heavy (non-hydrogen) atoms. The minimum absolute atomic E-state index is 0.0833. The van der Waals surface area contributed by atoms with Crippen LogP contribution >= 0.6 is 0 Å². The predicted molar refractivity (Wildman–Crippen MR) is 61.6 cm³/mol. The lowest BCUT2D eigenvalue weighted by Crippen LogP contribution is -2.11. The van der Waals surface area contributed by atoms with Gasteiger partial charge in [-0.15, -0.1) is 0 Å². The zero-order valence-electron chi connectivity index (χ0n) is 9.62. The SMILES string of the molecule is CCOC(N)=O.O=C(O)c1ccc(C(=O)O)cc1. The molecule has 98 valence electrons. The molecule has 0 saturated heterocycles. The van der Waals surface area contributed by atoms with Crippen LogP contribution in [0.25, 0.3) is 0 Å². The lowest BCUT2D eigenvalue weighted by Gasteiger charge is -1.94. The molecule has 0 aliphatic carbocycles. The van der Waals surface area contributed by atoms with Gasteiger partial charge in [0, 0.05) is 0 Å². The van der Waals surface area contributed by atoms with Gasteiger partial charge in [0.05, 0.1) is 17.7 Å². The summed E-state index contributed by atoms with van der Waals surface area (Å²) in [5.41, 5.74) is 4.71. The van der Waals surface area contributed by atoms with E-state index in [1.807, 2.05) is 0 Å². The molecule has 0 radical (unpaired) electrons. The number of primary amides is 1. The van der Waals surface area contributed by atoms with Crippen LogP contribution in [0.2, 0.25) is 0 Å². The van der Waals surface area contributed by atoms with E-state index < -0.39 is 18.0 Å². The van der Waals surface area contributed by atoms with Gasteiger partial charge in [0.2, 0.25) is 0 Å². The maximum Gasteiger partial charge on any atom is 0.404 e. The van der Waals surface area contributed by atoms with E-state index in [-0.39, 0.29) is 11.1 Å². The maximum absolute atomic E-state index is 10.3. The largest absolute Gasteiger partial charge is 0.478 e. The van der Waals surface area contributed by atoms with Crippen LogP contribution in [0.5, 0.6) is 0 Å². The normalized spacial score (nSPS) is 8.72. The van der Waals surface area contributed by atoms with E-state index in [1.54, 1.807) is 6.92 Å². The molecule has 0 bridgehead atoms. The van der Waals surface area contributed by atoms with E-state index in [2.05, 4.69) is 10.5 Å². The number of ether oxygens (including phenoxy) is 1. The summed E-state index contributed by atoms with van der Waals surface area (Å²) < 4.78 is 4.18. The summed E-state index contributed by atoms with van der Waals surface area (Å²) in [7, 11) is 0. The maximum atomic E-state index is 10.3. The minimum atomic E-state index is -1.06. The van der Waals surface area contributed by atoms with Crippen LogP contribution in [-0.2, 0) is 4.74 Å². The third kappa shape index (κ3) is 6.11. The van der Waals surface area contributed by atoms with Crippen molar-refractivity contribution in [1.82, 2.24) is 0 Å². The second-order valence-corrected chi connectivity index (χ2v) is 2.94. The van der Waals surface area contributed by atoms with Gasteiger partial charge in [-0.2, -0.15) is 0 Å². The minimum Gasteiger partial charge on any atom is -0.478 e. The van der Waals surface area contributed by atoms with Crippen LogP contribution in [0.1, 0.15) is 27.6 Å². The monoisotopic (exact) mass is 255 g/mol. The Bertz CT molecular complexity index is 393. The lowest BCUT2D eigenvalue weighted by molar-refractivity contribution is 0.0681. The number of rotatable bonds is 3. The van der Waals surface area contributed by atoms with Gasteiger partial charge in [-0.3, -0.25) is 0 Å². The smallest absolute Gasteiger partial charge is 0.404 e. The first-order valence-electron chi connectivity index (χ1n) is 4.87. The van der Waals surface area contributed by atoms with Gasteiger partial charge in [0.15, 0.2) is 0 Å². The zero-order chi connectivity index (χ0) is 14.1. The molecule has 1 amide bonds. The second-order valence-electron chi connectivity index (χ2n) is 2.94. The molecule has 0 atom stereocenters. The predicted octanol–water partition coefficient (Wildman–Crippen LogP) is 1.18. The van der Waals surface area contributed by atoms with Gasteiger partial charge < -0.3 is 20.7 Å². The highest BCUT2D eigenvalue weighted by atomic mass is 16.5. The molecule has 0 fully saturated rings. The van der Waals surface area contributed by atoms with Crippen LogP contribution in [0.4, 0.5) is 4.79 Å². The molecule has 0 aliphatic heterocycles. The van der Waals surface area contributed by atoms with Crippen molar-refractivity contribution in [3.05, 3.63) is 35.4 Å². The van der Waals surface area contributed by atoms with Crippen molar-refractivity contribution in [2.24, 2.45) is 5.73 Å². The summed E-state index contributed by atoms with van der Waals surface area (Å²) in [4.78, 5) is 30.3. The Morgan fingerprint density at radius 1 is 1.06 bits per heavy atom. The van der Waals surface area contributed by atoms with Crippen molar-refractivity contribution in [1.29, 1.82) is 0 Å². The summed E-state index contributed by atoms with van der Waals surface area (Å²) in [5, 5.41) is 16.9. The van der Waals surface area contributed by atoms with Crippen LogP contribution in [0.3, 0.4) is 0 Å². The van der Waals surface area contributed by atoms with E-state index in [9.17, 15) is 14.4 Å². The number of carboxylic acid groups (broad SMARTS) is 2. The Morgan fingerprint density at radius 2 is 1.39 bits per heavy atom. The number of amides is 1. The first kappa shape index (κ1) is 15.4. The standard InChI is InChI=1S/C8H6O4.C3H7NO2/c9-7(10)5-1-2-6(4-3-5)8(11)12;1-2-6-3(4)5/h1-4H,(H,9,10)(H,11,12);2H2,1H3,(H2,4,5). The van der Waals surface area contributed by atoms with Crippen LogP contribution in [-0.4, -0.2) is 34.9 Å². The topological polar surface area (TPSA) is 127 Å². The molecular weight excluding hydrogens is 242 g/mol. The molecule has 0 spiro atoms.